The largest absolute Gasteiger partial charge is 0.524 e. The van der Waals surface area contributed by atoms with E-state index in [1.165, 1.54) is 0 Å². The smallest absolute Gasteiger partial charge is 0.456 e. The number of carbonyl (C=O) groups is 2. The van der Waals surface area contributed by atoms with E-state index in [4.69, 9.17) is 9.47 Å². The van der Waals surface area contributed by atoms with Crippen molar-refractivity contribution in [3.63, 3.8) is 0 Å². The van der Waals surface area contributed by atoms with E-state index < -0.39 is 39.0 Å². The van der Waals surface area contributed by atoms with Crippen LogP contribution in [-0.2, 0) is 28.6 Å². The first kappa shape index (κ1) is 19.1. The number of esters is 1. The van der Waals surface area contributed by atoms with Gasteiger partial charge in [0.1, 0.15) is 12.2 Å². The fourth-order valence-electron chi connectivity index (χ4n) is 5.28. The molecule has 26 heavy (non-hydrogen) atoms. The SMILES string of the molecule is C=CC(=O)OC12CC3CC(CC(COC(=O)OS(=O)(=O)C(F)F)(C3)C1)C2. The van der Waals surface area contributed by atoms with Gasteiger partial charge in [-0.05, 0) is 50.4 Å². The minimum atomic E-state index is -5.30. The lowest BCUT2D eigenvalue weighted by molar-refractivity contribution is -0.203. The summed E-state index contributed by atoms with van der Waals surface area (Å²) in [7, 11) is -5.30. The summed E-state index contributed by atoms with van der Waals surface area (Å²) >= 11 is 0. The lowest BCUT2D eigenvalue weighted by Crippen LogP contribution is -2.58. The van der Waals surface area contributed by atoms with Crippen LogP contribution in [0.25, 0.3) is 0 Å². The zero-order chi connectivity index (χ0) is 19.2. The summed E-state index contributed by atoms with van der Waals surface area (Å²) in [6, 6.07) is 0. The number of hydrogen-bond donors (Lipinski definition) is 0. The van der Waals surface area contributed by atoms with Gasteiger partial charge in [0.25, 0.3) is 0 Å². The van der Waals surface area contributed by atoms with Gasteiger partial charge in [-0.2, -0.15) is 17.2 Å². The van der Waals surface area contributed by atoms with Gasteiger partial charge < -0.3 is 13.7 Å². The zero-order valence-corrected chi connectivity index (χ0v) is 14.8. The molecule has 0 aromatic rings. The van der Waals surface area contributed by atoms with Crippen LogP contribution >= 0.6 is 0 Å². The van der Waals surface area contributed by atoms with Crippen molar-refractivity contribution >= 4 is 22.2 Å². The highest BCUT2D eigenvalue weighted by molar-refractivity contribution is 7.87. The second-order valence-corrected chi connectivity index (χ2v) is 9.15. The Hall–Kier alpha value is -1.71. The topological polar surface area (TPSA) is 96.0 Å². The average molecular weight is 394 g/mol. The van der Waals surface area contributed by atoms with Crippen molar-refractivity contribution in [2.24, 2.45) is 17.3 Å². The molecule has 0 radical (unpaired) electrons. The van der Waals surface area contributed by atoms with Crippen LogP contribution in [0.4, 0.5) is 13.6 Å². The average Bonchev–Trinajstić information content (AvgIpc) is 2.50. The van der Waals surface area contributed by atoms with Crippen LogP contribution in [0.3, 0.4) is 0 Å². The van der Waals surface area contributed by atoms with E-state index >= 15 is 0 Å². The molecule has 7 nitrogen and oxygen atoms in total. The Morgan fingerprint density at radius 1 is 1.19 bits per heavy atom. The zero-order valence-electron chi connectivity index (χ0n) is 14.0. The summed E-state index contributed by atoms with van der Waals surface area (Å²) in [5, 5.41) is 0. The van der Waals surface area contributed by atoms with Crippen molar-refractivity contribution in [2.75, 3.05) is 6.61 Å². The molecule has 0 aromatic heterocycles. The van der Waals surface area contributed by atoms with E-state index in [1.54, 1.807) is 0 Å². The molecule has 0 aliphatic heterocycles. The Morgan fingerprint density at radius 2 is 1.81 bits per heavy atom. The van der Waals surface area contributed by atoms with E-state index in [1.807, 2.05) is 0 Å². The molecule has 0 saturated heterocycles. The molecule has 10 heteroatoms. The Bertz CT molecular complexity index is 704. The second-order valence-electron chi connectivity index (χ2n) is 7.64. The van der Waals surface area contributed by atoms with Crippen molar-refractivity contribution in [2.45, 2.75) is 49.9 Å². The maximum absolute atomic E-state index is 12.3. The Labute approximate surface area is 149 Å². The molecular weight excluding hydrogens is 374 g/mol. The monoisotopic (exact) mass is 394 g/mol. The first-order valence-corrected chi connectivity index (χ1v) is 9.78. The third-order valence-electron chi connectivity index (χ3n) is 5.51. The number of ether oxygens (including phenoxy) is 2. The van der Waals surface area contributed by atoms with Crippen molar-refractivity contribution in [1.82, 2.24) is 0 Å². The van der Waals surface area contributed by atoms with Crippen molar-refractivity contribution in [1.29, 1.82) is 0 Å². The van der Waals surface area contributed by atoms with Crippen LogP contribution in [0.5, 0.6) is 0 Å². The first-order valence-electron chi connectivity index (χ1n) is 8.31. The predicted molar refractivity (Wildman–Crippen MR) is 83.5 cm³/mol. The normalized spacial score (nSPS) is 35.2. The van der Waals surface area contributed by atoms with Crippen LogP contribution in [0.1, 0.15) is 38.5 Å². The van der Waals surface area contributed by atoms with Crippen LogP contribution in [0.15, 0.2) is 12.7 Å². The Morgan fingerprint density at radius 3 is 2.35 bits per heavy atom. The molecule has 0 aromatic carbocycles. The van der Waals surface area contributed by atoms with Gasteiger partial charge in [-0.15, -0.1) is 0 Å². The third-order valence-corrected chi connectivity index (χ3v) is 6.32. The van der Waals surface area contributed by atoms with E-state index in [0.29, 0.717) is 18.3 Å². The van der Waals surface area contributed by atoms with Gasteiger partial charge in [-0.1, -0.05) is 6.58 Å². The lowest BCUT2D eigenvalue weighted by atomic mass is 9.48. The molecule has 4 aliphatic carbocycles. The van der Waals surface area contributed by atoms with E-state index in [9.17, 15) is 26.8 Å². The Kier molecular flexibility index (Phi) is 4.74. The van der Waals surface area contributed by atoms with Crippen LogP contribution in [0.2, 0.25) is 0 Å². The molecule has 4 saturated carbocycles. The summed E-state index contributed by atoms with van der Waals surface area (Å²) in [5.41, 5.74) is -1.11. The summed E-state index contributed by atoms with van der Waals surface area (Å²) < 4.78 is 60.6. The number of hydrogen-bond acceptors (Lipinski definition) is 7. The summed E-state index contributed by atoms with van der Waals surface area (Å²) in [4.78, 5) is 23.2. The first-order chi connectivity index (χ1) is 12.1. The molecule has 0 spiro atoms. The number of alkyl halides is 2. The summed E-state index contributed by atoms with van der Waals surface area (Å²) in [5.74, 6) is -3.72. The molecule has 0 amide bonds. The molecule has 0 N–H and O–H groups in total. The number of rotatable bonds is 6. The van der Waals surface area contributed by atoms with Crippen molar-refractivity contribution < 1.29 is 40.4 Å². The quantitative estimate of drug-likeness (QED) is 0.388. The fraction of sp³-hybridized carbons (Fsp3) is 0.750. The van der Waals surface area contributed by atoms with Gasteiger partial charge in [0.2, 0.25) is 0 Å². The van der Waals surface area contributed by atoms with Gasteiger partial charge in [-0.3, -0.25) is 0 Å². The van der Waals surface area contributed by atoms with Gasteiger partial charge >= 0.3 is 28.0 Å². The van der Waals surface area contributed by atoms with Gasteiger partial charge in [0.15, 0.2) is 0 Å². The van der Waals surface area contributed by atoms with E-state index in [-0.39, 0.29) is 6.61 Å². The highest BCUT2D eigenvalue weighted by Crippen LogP contribution is 2.62. The van der Waals surface area contributed by atoms with E-state index in [0.717, 1.165) is 38.2 Å². The third kappa shape index (κ3) is 3.70. The van der Waals surface area contributed by atoms with Gasteiger partial charge in [0, 0.05) is 11.5 Å². The standard InChI is InChI=1S/C16H20F2O7S/c1-2-12(19)24-16-6-10-3-11(7-16)5-15(4-10,8-16)9-23-14(20)25-26(21,22)13(17)18/h2,10-11,13H,1,3-9H2. The highest BCUT2D eigenvalue weighted by Gasteiger charge is 2.60. The molecular formula is C16H20F2O7S. The van der Waals surface area contributed by atoms with Crippen LogP contribution < -0.4 is 0 Å². The minimum absolute atomic E-state index is 0.162. The van der Waals surface area contributed by atoms with E-state index in [2.05, 4.69) is 10.8 Å². The molecule has 4 fully saturated rings. The molecule has 4 bridgehead atoms. The molecule has 2 unspecified atom stereocenters. The predicted octanol–water partition coefficient (Wildman–Crippen LogP) is 2.76. The lowest BCUT2D eigenvalue weighted by Gasteiger charge is -2.60. The second kappa shape index (κ2) is 6.47. The van der Waals surface area contributed by atoms with Gasteiger partial charge in [-0.25, -0.2) is 9.59 Å². The van der Waals surface area contributed by atoms with Crippen molar-refractivity contribution in [3.05, 3.63) is 12.7 Å². The summed E-state index contributed by atoms with van der Waals surface area (Å²) in [6.45, 7) is 3.24. The molecule has 0 heterocycles. The molecule has 146 valence electrons. The van der Waals surface area contributed by atoms with Crippen LogP contribution in [-0.4, -0.2) is 38.5 Å². The highest BCUT2D eigenvalue weighted by atomic mass is 32.2. The number of halogens is 2. The maximum atomic E-state index is 12.3. The number of carbonyl (C=O) groups excluding carboxylic acids is 2. The Balaban J connectivity index is 1.67. The molecule has 4 aliphatic rings. The fourth-order valence-corrected chi connectivity index (χ4v) is 5.59. The molecule has 4 rings (SSSR count). The minimum Gasteiger partial charge on any atom is -0.456 e. The summed E-state index contributed by atoms with van der Waals surface area (Å²) in [6.07, 6.45) is 3.86. The van der Waals surface area contributed by atoms with Crippen LogP contribution in [0, 0.1) is 17.3 Å². The molecule has 2 atom stereocenters. The van der Waals surface area contributed by atoms with Gasteiger partial charge in [0.05, 0.1) is 0 Å². The van der Waals surface area contributed by atoms with Crippen molar-refractivity contribution in [3.8, 4) is 0 Å². The maximum Gasteiger partial charge on any atom is 0.524 e.